The third kappa shape index (κ3) is 5.80. The highest BCUT2D eigenvalue weighted by Gasteiger charge is 2.21. The van der Waals surface area contributed by atoms with Crippen LogP contribution in [0, 0.1) is 13.8 Å². The van der Waals surface area contributed by atoms with Gasteiger partial charge in [0, 0.05) is 77.0 Å². The van der Waals surface area contributed by atoms with E-state index in [1.54, 1.807) is 4.68 Å². The molecule has 4 aromatic rings. The quantitative estimate of drug-likeness (QED) is 0.268. The van der Waals surface area contributed by atoms with E-state index in [-0.39, 0.29) is 6.10 Å². The summed E-state index contributed by atoms with van der Waals surface area (Å²) in [7, 11) is 1.90. The number of para-hydroxylation sites is 1. The Morgan fingerprint density at radius 2 is 1.75 bits per heavy atom. The number of aryl methyl sites for hydroxylation is 3. The molecule has 1 atom stereocenters. The van der Waals surface area contributed by atoms with Crippen molar-refractivity contribution >= 4 is 34.2 Å². The normalized spacial score (nSPS) is 17.1. The number of aromatic nitrogens is 4. The molecular weight excluding hydrogens is 502 g/mol. The van der Waals surface area contributed by atoms with Crippen LogP contribution in [0.1, 0.15) is 22.3 Å². The summed E-state index contributed by atoms with van der Waals surface area (Å²) in [5.74, 6) is 1.28. The minimum atomic E-state index is -0.339. The van der Waals surface area contributed by atoms with Gasteiger partial charge < -0.3 is 21.1 Å². The lowest BCUT2D eigenvalue weighted by atomic mass is 9.98. The van der Waals surface area contributed by atoms with Crippen molar-refractivity contribution in [1.29, 1.82) is 0 Å². The van der Waals surface area contributed by atoms with Crippen LogP contribution in [-0.4, -0.2) is 86.6 Å². The van der Waals surface area contributed by atoms with Gasteiger partial charge in [0.05, 0.1) is 11.5 Å². The highest BCUT2D eigenvalue weighted by Crippen LogP contribution is 2.29. The number of rotatable bonds is 8. The zero-order valence-corrected chi connectivity index (χ0v) is 23.6. The molecule has 6 rings (SSSR count). The molecular formula is C30H39N9O. The van der Waals surface area contributed by atoms with E-state index in [0.29, 0.717) is 12.5 Å². The first kappa shape index (κ1) is 26.6. The lowest BCUT2D eigenvalue weighted by Crippen LogP contribution is -2.48. The molecule has 1 fully saturated rings. The first-order valence-corrected chi connectivity index (χ1v) is 14.2. The van der Waals surface area contributed by atoms with Gasteiger partial charge in [-0.2, -0.15) is 10.1 Å². The Morgan fingerprint density at radius 1 is 0.975 bits per heavy atom. The maximum atomic E-state index is 10.7. The third-order valence-corrected chi connectivity index (χ3v) is 8.01. The summed E-state index contributed by atoms with van der Waals surface area (Å²) >= 11 is 0. The Hall–Kier alpha value is -3.57. The van der Waals surface area contributed by atoms with Crippen LogP contribution in [0.25, 0.3) is 11.0 Å². The van der Waals surface area contributed by atoms with Crippen LogP contribution in [-0.2, 0) is 20.0 Å². The molecule has 1 unspecified atom stereocenters. The maximum absolute atomic E-state index is 10.7. The highest BCUT2D eigenvalue weighted by atomic mass is 16.3. The molecule has 2 aromatic carbocycles. The largest absolute Gasteiger partial charge is 0.390 e. The number of anilines is 4. The summed E-state index contributed by atoms with van der Waals surface area (Å²) in [4.78, 5) is 14.1. The fourth-order valence-electron chi connectivity index (χ4n) is 5.85. The van der Waals surface area contributed by atoms with Crippen LogP contribution in [0.2, 0.25) is 0 Å². The van der Waals surface area contributed by atoms with Crippen LogP contribution in [0.15, 0.2) is 42.6 Å². The molecule has 210 valence electrons. The number of piperazine rings is 1. The number of nitrogens with zero attached hydrogens (tertiary/aromatic N) is 6. The average Bonchev–Trinajstić information content (AvgIpc) is 3.25. The predicted octanol–water partition coefficient (Wildman–Crippen LogP) is 3.09. The number of β-amino-alcohol motifs (C(OH)–C–C–N with tert-alkyl or cyclic N) is 1. The predicted molar refractivity (Wildman–Crippen MR) is 160 cm³/mol. The van der Waals surface area contributed by atoms with Gasteiger partial charge in [0.2, 0.25) is 5.95 Å². The molecule has 10 heteroatoms. The van der Waals surface area contributed by atoms with Gasteiger partial charge in [-0.25, -0.2) is 9.67 Å². The molecule has 0 spiro atoms. The van der Waals surface area contributed by atoms with E-state index < -0.39 is 0 Å². The number of hydrogen-bond donors (Lipinski definition) is 4. The van der Waals surface area contributed by atoms with Crippen molar-refractivity contribution in [3.63, 3.8) is 0 Å². The third-order valence-electron chi connectivity index (χ3n) is 8.01. The van der Waals surface area contributed by atoms with E-state index in [9.17, 15) is 5.11 Å². The molecule has 0 radical (unpaired) electrons. The lowest BCUT2D eigenvalue weighted by Gasteiger charge is -2.33. The topological polar surface area (TPSA) is 106 Å². The number of benzene rings is 2. The Kier molecular flexibility index (Phi) is 7.66. The van der Waals surface area contributed by atoms with Gasteiger partial charge in [-0.1, -0.05) is 24.3 Å². The number of nitrogens with one attached hydrogen (secondary N) is 3. The smallest absolute Gasteiger partial charge is 0.229 e. The highest BCUT2D eigenvalue weighted by molar-refractivity contribution is 5.90. The molecule has 40 heavy (non-hydrogen) atoms. The number of fused-ring (bicyclic) bond motifs is 2. The second-order valence-electron chi connectivity index (χ2n) is 11.1. The van der Waals surface area contributed by atoms with E-state index in [1.807, 2.05) is 13.2 Å². The Bertz CT molecular complexity index is 1470. The van der Waals surface area contributed by atoms with Gasteiger partial charge in [0.1, 0.15) is 0 Å². The fraction of sp³-hybridized carbons (Fsp3) is 0.433. The second-order valence-corrected chi connectivity index (χ2v) is 11.1. The SMILES string of the molecule is Cc1cccc(C)c1Nc1nn(C)c2nc(Nc3ccc4c(c3)CN(CC(O)CN3CCNCC3)CC4)ncc12. The zero-order valence-electron chi connectivity index (χ0n) is 23.6. The minimum absolute atomic E-state index is 0.339. The van der Waals surface area contributed by atoms with Gasteiger partial charge in [-0.05, 0) is 54.7 Å². The summed E-state index contributed by atoms with van der Waals surface area (Å²) in [6.45, 7) is 11.4. The summed E-state index contributed by atoms with van der Waals surface area (Å²) in [6.07, 6.45) is 2.48. The number of aliphatic hydroxyl groups excluding tert-OH is 1. The zero-order chi connectivity index (χ0) is 27.6. The second kappa shape index (κ2) is 11.5. The Balaban J connectivity index is 1.13. The Morgan fingerprint density at radius 3 is 2.55 bits per heavy atom. The molecule has 10 nitrogen and oxygen atoms in total. The maximum Gasteiger partial charge on any atom is 0.229 e. The number of hydrogen-bond acceptors (Lipinski definition) is 9. The van der Waals surface area contributed by atoms with E-state index in [1.165, 1.54) is 11.1 Å². The van der Waals surface area contributed by atoms with Gasteiger partial charge in [0.15, 0.2) is 11.5 Å². The average molecular weight is 542 g/mol. The van der Waals surface area contributed by atoms with Crippen molar-refractivity contribution in [2.24, 2.45) is 7.05 Å². The van der Waals surface area contributed by atoms with E-state index in [4.69, 9.17) is 4.98 Å². The first-order valence-electron chi connectivity index (χ1n) is 14.2. The van der Waals surface area contributed by atoms with Crippen molar-refractivity contribution in [2.75, 3.05) is 56.4 Å². The van der Waals surface area contributed by atoms with Crippen molar-refractivity contribution in [3.05, 3.63) is 64.8 Å². The van der Waals surface area contributed by atoms with E-state index in [2.05, 4.69) is 86.1 Å². The fourth-order valence-corrected chi connectivity index (χ4v) is 5.85. The minimum Gasteiger partial charge on any atom is -0.390 e. The van der Waals surface area contributed by atoms with E-state index in [0.717, 1.165) is 91.6 Å². The molecule has 4 N–H and O–H groups in total. The molecule has 2 aliphatic rings. The van der Waals surface area contributed by atoms with Crippen LogP contribution in [0.5, 0.6) is 0 Å². The molecule has 0 aliphatic carbocycles. The van der Waals surface area contributed by atoms with Crippen LogP contribution >= 0.6 is 0 Å². The van der Waals surface area contributed by atoms with Crippen LogP contribution in [0.3, 0.4) is 0 Å². The molecule has 0 amide bonds. The van der Waals surface area contributed by atoms with Crippen LogP contribution < -0.4 is 16.0 Å². The molecule has 2 aliphatic heterocycles. The molecule has 1 saturated heterocycles. The summed E-state index contributed by atoms with van der Waals surface area (Å²) in [5.41, 5.74) is 7.75. The number of aliphatic hydroxyl groups is 1. The van der Waals surface area contributed by atoms with Gasteiger partial charge in [-0.15, -0.1) is 0 Å². The van der Waals surface area contributed by atoms with Crippen molar-refractivity contribution in [3.8, 4) is 0 Å². The summed E-state index contributed by atoms with van der Waals surface area (Å²) in [6, 6.07) is 12.7. The molecule has 0 saturated carbocycles. The standard InChI is InChI=1S/C30H39N9O/c1-20-5-4-6-21(2)27(20)34-28-26-16-32-30(35-29(26)37(3)36-28)33-24-8-7-22-9-12-39(17-23(22)15-24)19-25(40)18-38-13-10-31-11-14-38/h4-8,15-16,25,31,40H,9-14,17-19H2,1-3H3,(H,34,36)(H,32,33,35). The summed E-state index contributed by atoms with van der Waals surface area (Å²) < 4.78 is 1.79. The van der Waals surface area contributed by atoms with Crippen molar-refractivity contribution in [1.82, 2.24) is 34.9 Å². The summed E-state index contributed by atoms with van der Waals surface area (Å²) in [5, 5.41) is 26.5. The van der Waals surface area contributed by atoms with Gasteiger partial charge in [0.25, 0.3) is 0 Å². The molecule has 4 heterocycles. The lowest BCUT2D eigenvalue weighted by molar-refractivity contribution is 0.0652. The molecule has 0 bridgehead atoms. The van der Waals surface area contributed by atoms with E-state index >= 15 is 0 Å². The molecule has 2 aromatic heterocycles. The monoisotopic (exact) mass is 541 g/mol. The van der Waals surface area contributed by atoms with Gasteiger partial charge >= 0.3 is 0 Å². The van der Waals surface area contributed by atoms with Crippen molar-refractivity contribution in [2.45, 2.75) is 32.9 Å². The van der Waals surface area contributed by atoms with Crippen LogP contribution in [0.4, 0.5) is 23.1 Å². The Labute approximate surface area is 235 Å². The first-order chi connectivity index (χ1) is 19.4. The van der Waals surface area contributed by atoms with Crippen molar-refractivity contribution < 1.29 is 5.11 Å². The van der Waals surface area contributed by atoms with Gasteiger partial charge in [-0.3, -0.25) is 9.80 Å².